The van der Waals surface area contributed by atoms with Gasteiger partial charge in [-0.05, 0) is 54.8 Å². The fourth-order valence-electron chi connectivity index (χ4n) is 5.09. The third-order valence-electron chi connectivity index (χ3n) is 7.02. The van der Waals surface area contributed by atoms with Crippen molar-refractivity contribution in [2.24, 2.45) is 0 Å². The third-order valence-corrected chi connectivity index (χ3v) is 8.32. The molecule has 0 unspecified atom stereocenters. The van der Waals surface area contributed by atoms with E-state index in [2.05, 4.69) is 20.5 Å². The van der Waals surface area contributed by atoms with Gasteiger partial charge in [-0.2, -0.15) is 10.2 Å². The van der Waals surface area contributed by atoms with Crippen LogP contribution in [0.4, 0.5) is 5.69 Å². The van der Waals surface area contributed by atoms with E-state index in [0.717, 1.165) is 46.4 Å². The summed E-state index contributed by atoms with van der Waals surface area (Å²) in [6.45, 7) is 2.50. The van der Waals surface area contributed by atoms with E-state index in [1.54, 1.807) is 17.2 Å². The Morgan fingerprint density at radius 2 is 1.82 bits per heavy atom. The molecule has 1 saturated heterocycles. The molecule has 5 aromatic rings. The summed E-state index contributed by atoms with van der Waals surface area (Å²) in [7, 11) is -3.16. The lowest BCUT2D eigenvalue weighted by Gasteiger charge is -2.30. The number of carbonyl (C=O) groups excluding carboxylic acids is 1. The number of amides is 1. The van der Waals surface area contributed by atoms with Gasteiger partial charge in [0.2, 0.25) is 15.9 Å². The normalized spacial score (nSPS) is 15.1. The average Bonchev–Trinajstić information content (AvgIpc) is 3.68. The van der Waals surface area contributed by atoms with Crippen molar-refractivity contribution >= 4 is 32.7 Å². The summed E-state index contributed by atoms with van der Waals surface area (Å²) < 4.78 is 30.8. The van der Waals surface area contributed by atoms with Crippen molar-refractivity contribution in [2.75, 3.05) is 24.7 Å². The van der Waals surface area contributed by atoms with E-state index in [4.69, 9.17) is 0 Å². The van der Waals surface area contributed by atoms with Crippen molar-refractivity contribution in [2.45, 2.75) is 25.8 Å². The maximum Gasteiger partial charge on any atom is 0.221 e. The van der Waals surface area contributed by atoms with Gasteiger partial charge in [-0.3, -0.25) is 14.0 Å². The molecule has 2 aromatic carbocycles. The average molecular weight is 545 g/mol. The van der Waals surface area contributed by atoms with Crippen LogP contribution in [0.3, 0.4) is 0 Å². The number of imidazole rings is 1. The summed E-state index contributed by atoms with van der Waals surface area (Å²) in [5.41, 5.74) is 6.05. The van der Waals surface area contributed by atoms with Crippen LogP contribution >= 0.6 is 0 Å². The molecule has 6 rings (SSSR count). The molecular formula is C27H28N8O3S. The maximum absolute atomic E-state index is 11.8. The number of aromatic nitrogens is 6. The Morgan fingerprint density at radius 1 is 1.03 bits per heavy atom. The van der Waals surface area contributed by atoms with E-state index in [1.807, 2.05) is 70.3 Å². The van der Waals surface area contributed by atoms with Gasteiger partial charge in [0, 0.05) is 49.9 Å². The number of nitrogens with zero attached hydrogens (tertiary/aromatic N) is 7. The minimum atomic E-state index is -3.16. The fourth-order valence-corrected chi connectivity index (χ4v) is 5.96. The quantitative estimate of drug-likeness (QED) is 0.349. The first-order valence-electron chi connectivity index (χ1n) is 12.6. The Kier molecular flexibility index (Phi) is 6.28. The molecule has 1 fully saturated rings. The van der Waals surface area contributed by atoms with Crippen LogP contribution in [-0.2, 0) is 14.8 Å². The number of anilines is 1. The standard InChI is InChI=1S/C27H28N8O3S/c1-19(36)31-22-13-24(15-25(14-22)34-9-3-8-29-34)33-18-28-26-12-20(4-5-27(26)33)21-16-30-35(17-21)23-6-10-32(11-7-23)39(2,37)38/h3-5,8-9,12-18,23H,6-7,10-11H2,1-2H3,(H,31,36). The minimum absolute atomic E-state index is 0.153. The van der Waals surface area contributed by atoms with Crippen LogP contribution in [0.15, 0.2) is 73.6 Å². The first-order chi connectivity index (χ1) is 18.7. The van der Waals surface area contributed by atoms with Gasteiger partial charge >= 0.3 is 0 Å². The number of hydrogen-bond acceptors (Lipinski definition) is 6. The summed E-state index contributed by atoms with van der Waals surface area (Å²) >= 11 is 0. The highest BCUT2D eigenvalue weighted by molar-refractivity contribution is 7.88. The lowest BCUT2D eigenvalue weighted by molar-refractivity contribution is -0.114. The van der Waals surface area contributed by atoms with E-state index in [9.17, 15) is 13.2 Å². The maximum atomic E-state index is 11.8. The highest BCUT2D eigenvalue weighted by Crippen LogP contribution is 2.30. The first kappa shape index (κ1) is 25.0. The van der Waals surface area contributed by atoms with Crippen LogP contribution < -0.4 is 5.32 Å². The summed E-state index contributed by atoms with van der Waals surface area (Å²) in [6, 6.07) is 13.9. The predicted octanol–water partition coefficient (Wildman–Crippen LogP) is 3.63. The zero-order valence-corrected chi connectivity index (χ0v) is 22.4. The van der Waals surface area contributed by atoms with Crippen molar-refractivity contribution in [1.82, 2.24) is 33.4 Å². The Balaban J connectivity index is 1.28. The molecule has 39 heavy (non-hydrogen) atoms. The summed E-state index contributed by atoms with van der Waals surface area (Å²) in [5, 5.41) is 11.8. The number of fused-ring (bicyclic) bond motifs is 1. The highest BCUT2D eigenvalue weighted by atomic mass is 32.2. The monoisotopic (exact) mass is 544 g/mol. The summed E-state index contributed by atoms with van der Waals surface area (Å²) in [5.74, 6) is -0.153. The number of carbonyl (C=O) groups is 1. The molecule has 0 radical (unpaired) electrons. The van der Waals surface area contributed by atoms with Gasteiger partial charge in [0.05, 0.1) is 40.9 Å². The second kappa shape index (κ2) is 9.79. The van der Waals surface area contributed by atoms with Crippen LogP contribution in [0.1, 0.15) is 25.8 Å². The molecule has 4 heterocycles. The number of hydrogen-bond donors (Lipinski definition) is 1. The van der Waals surface area contributed by atoms with Crippen molar-refractivity contribution in [1.29, 1.82) is 0 Å². The van der Waals surface area contributed by atoms with Crippen molar-refractivity contribution in [3.63, 3.8) is 0 Å². The van der Waals surface area contributed by atoms with Crippen LogP contribution in [-0.4, -0.2) is 67.1 Å². The van der Waals surface area contributed by atoms with E-state index in [-0.39, 0.29) is 11.9 Å². The van der Waals surface area contributed by atoms with Gasteiger partial charge in [0.25, 0.3) is 0 Å². The van der Waals surface area contributed by atoms with Crippen LogP contribution in [0, 0.1) is 0 Å². The fraction of sp³-hybridized carbons (Fsp3) is 0.259. The molecule has 0 saturated carbocycles. The van der Waals surface area contributed by atoms with Gasteiger partial charge in [0.1, 0.15) is 6.33 Å². The second-order valence-corrected chi connectivity index (χ2v) is 11.8. The molecule has 12 heteroatoms. The lowest BCUT2D eigenvalue weighted by Crippen LogP contribution is -2.38. The zero-order valence-electron chi connectivity index (χ0n) is 21.6. The van der Waals surface area contributed by atoms with Crippen molar-refractivity contribution < 1.29 is 13.2 Å². The summed E-state index contributed by atoms with van der Waals surface area (Å²) in [6.07, 6.45) is 11.9. The van der Waals surface area contributed by atoms with Crippen molar-refractivity contribution in [3.8, 4) is 22.5 Å². The SMILES string of the molecule is CC(=O)Nc1cc(-n2cccn2)cc(-n2cnc3cc(-c4cnn(C5CCN(S(C)(=O)=O)CC5)c4)ccc32)c1. The van der Waals surface area contributed by atoms with Gasteiger partial charge in [-0.15, -0.1) is 0 Å². The molecule has 1 N–H and O–H groups in total. The van der Waals surface area contributed by atoms with Crippen molar-refractivity contribution in [3.05, 3.63) is 73.6 Å². The number of piperidine rings is 1. The topological polar surface area (TPSA) is 120 Å². The van der Waals surface area contributed by atoms with E-state index in [0.29, 0.717) is 18.8 Å². The molecule has 0 atom stereocenters. The smallest absolute Gasteiger partial charge is 0.221 e. The molecule has 0 bridgehead atoms. The highest BCUT2D eigenvalue weighted by Gasteiger charge is 2.26. The molecule has 1 aliphatic heterocycles. The largest absolute Gasteiger partial charge is 0.326 e. The number of nitrogens with one attached hydrogen (secondary N) is 1. The molecule has 3 aromatic heterocycles. The minimum Gasteiger partial charge on any atom is -0.326 e. The Labute approximate surface area is 225 Å². The molecule has 0 aliphatic carbocycles. The Hall–Kier alpha value is -4.29. The van der Waals surface area contributed by atoms with Gasteiger partial charge in [-0.25, -0.2) is 22.4 Å². The Bertz CT molecular complexity index is 1760. The van der Waals surface area contributed by atoms with Crippen LogP contribution in [0.2, 0.25) is 0 Å². The van der Waals surface area contributed by atoms with Gasteiger partial charge in [0.15, 0.2) is 0 Å². The van der Waals surface area contributed by atoms with Gasteiger partial charge < -0.3 is 5.32 Å². The molecule has 1 amide bonds. The molecular weight excluding hydrogens is 516 g/mol. The van der Waals surface area contributed by atoms with E-state index >= 15 is 0 Å². The van der Waals surface area contributed by atoms with E-state index < -0.39 is 10.0 Å². The van der Waals surface area contributed by atoms with Gasteiger partial charge in [-0.1, -0.05) is 6.07 Å². The Morgan fingerprint density at radius 3 is 2.54 bits per heavy atom. The number of rotatable bonds is 6. The van der Waals surface area contributed by atoms with Crippen LogP contribution in [0.5, 0.6) is 0 Å². The first-order valence-corrected chi connectivity index (χ1v) is 14.5. The van der Waals surface area contributed by atoms with E-state index in [1.165, 1.54) is 17.5 Å². The molecule has 200 valence electrons. The number of benzene rings is 2. The summed E-state index contributed by atoms with van der Waals surface area (Å²) in [4.78, 5) is 16.4. The lowest BCUT2D eigenvalue weighted by atomic mass is 10.1. The predicted molar refractivity (Wildman–Crippen MR) is 148 cm³/mol. The number of sulfonamides is 1. The molecule has 11 nitrogen and oxygen atoms in total. The van der Waals surface area contributed by atoms with Crippen LogP contribution in [0.25, 0.3) is 33.5 Å². The third kappa shape index (κ3) is 5.08. The zero-order chi connectivity index (χ0) is 27.1. The molecule has 0 spiro atoms. The second-order valence-electron chi connectivity index (χ2n) is 9.79. The molecule has 1 aliphatic rings.